The van der Waals surface area contributed by atoms with Crippen LogP contribution in [0.5, 0.6) is 11.5 Å². The average molecular weight is 481 g/mol. The summed E-state index contributed by atoms with van der Waals surface area (Å²) in [6, 6.07) is 7.80. The van der Waals surface area contributed by atoms with Crippen LogP contribution in [0.2, 0.25) is 0 Å². The van der Waals surface area contributed by atoms with E-state index in [2.05, 4.69) is 15.4 Å². The molecule has 1 amide bonds. The number of pyridine rings is 1. The van der Waals surface area contributed by atoms with E-state index in [1.165, 1.54) is 23.5 Å². The number of anilines is 1. The second kappa shape index (κ2) is 8.96. The third-order valence-corrected chi connectivity index (χ3v) is 6.88. The Morgan fingerprint density at radius 1 is 1.29 bits per heavy atom. The number of fused-ring (bicyclic) bond motifs is 1. The predicted molar refractivity (Wildman–Crippen MR) is 126 cm³/mol. The molecule has 1 aliphatic carbocycles. The maximum absolute atomic E-state index is 14.8. The van der Waals surface area contributed by atoms with Crippen LogP contribution < -0.4 is 10.1 Å². The lowest BCUT2D eigenvalue weighted by atomic mass is 10.1. The van der Waals surface area contributed by atoms with E-state index in [1.807, 2.05) is 16.9 Å². The van der Waals surface area contributed by atoms with Crippen molar-refractivity contribution in [3.05, 3.63) is 54.7 Å². The highest BCUT2D eigenvalue weighted by atomic mass is 32.1. The number of benzene rings is 1. The van der Waals surface area contributed by atoms with Gasteiger partial charge in [-0.25, -0.2) is 4.39 Å². The highest BCUT2D eigenvalue weighted by Crippen LogP contribution is 2.44. The number of hydrogen-bond donors (Lipinski definition) is 1. The molecule has 0 radical (unpaired) electrons. The second-order valence-corrected chi connectivity index (χ2v) is 9.15. The minimum atomic E-state index is -0.967. The predicted octanol–water partition coefficient (Wildman–Crippen LogP) is 4.66. The third kappa shape index (κ3) is 4.29. The van der Waals surface area contributed by atoms with E-state index < -0.39 is 17.1 Å². The molecule has 1 N–H and O–H groups in total. The van der Waals surface area contributed by atoms with Gasteiger partial charge in [-0.3, -0.25) is 14.5 Å². The summed E-state index contributed by atoms with van der Waals surface area (Å²) in [4.78, 5) is 28.7. The Labute approximate surface area is 198 Å². The SMILES string of the molecule is COCCn1cc(-c2cc3nccc(Oc4ccc(NC(=O)C5(C=O)CC5)cc4F)c3s2)cn1. The van der Waals surface area contributed by atoms with Crippen LogP contribution >= 0.6 is 11.3 Å². The molecule has 0 atom stereocenters. The molecule has 3 aromatic heterocycles. The monoisotopic (exact) mass is 480 g/mol. The van der Waals surface area contributed by atoms with E-state index in [4.69, 9.17) is 9.47 Å². The minimum absolute atomic E-state index is 0.0179. The first-order valence-electron chi connectivity index (χ1n) is 10.7. The van der Waals surface area contributed by atoms with E-state index in [9.17, 15) is 14.0 Å². The van der Waals surface area contributed by atoms with Gasteiger partial charge in [-0.1, -0.05) is 0 Å². The summed E-state index contributed by atoms with van der Waals surface area (Å²) in [7, 11) is 1.65. The number of carbonyl (C=O) groups excluding carboxylic acids is 2. The van der Waals surface area contributed by atoms with Crippen LogP contribution in [0.1, 0.15) is 12.8 Å². The maximum atomic E-state index is 14.8. The van der Waals surface area contributed by atoms with Crippen molar-refractivity contribution in [3.8, 4) is 21.9 Å². The Morgan fingerprint density at radius 2 is 2.15 bits per heavy atom. The number of aromatic nitrogens is 3. The number of methoxy groups -OCH3 is 1. The van der Waals surface area contributed by atoms with Gasteiger partial charge in [0.2, 0.25) is 5.91 Å². The fourth-order valence-corrected chi connectivity index (χ4v) is 4.54. The fraction of sp³-hybridized carbons (Fsp3) is 0.250. The van der Waals surface area contributed by atoms with Crippen molar-refractivity contribution in [1.82, 2.24) is 14.8 Å². The van der Waals surface area contributed by atoms with E-state index >= 15 is 0 Å². The summed E-state index contributed by atoms with van der Waals surface area (Å²) < 4.78 is 28.3. The fourth-order valence-electron chi connectivity index (χ4n) is 3.50. The van der Waals surface area contributed by atoms with Crippen molar-refractivity contribution in [3.63, 3.8) is 0 Å². The van der Waals surface area contributed by atoms with Crippen molar-refractivity contribution in [2.24, 2.45) is 5.41 Å². The highest BCUT2D eigenvalue weighted by Gasteiger charge is 2.50. The number of halogens is 1. The zero-order chi connectivity index (χ0) is 23.7. The molecule has 3 heterocycles. The molecular weight excluding hydrogens is 459 g/mol. The zero-order valence-corrected chi connectivity index (χ0v) is 19.1. The lowest BCUT2D eigenvalue weighted by molar-refractivity contribution is -0.126. The van der Waals surface area contributed by atoms with Crippen molar-refractivity contribution in [2.45, 2.75) is 19.4 Å². The van der Waals surface area contributed by atoms with Crippen LogP contribution in [0.15, 0.2) is 48.9 Å². The summed E-state index contributed by atoms with van der Waals surface area (Å²) in [5, 5.41) is 6.95. The highest BCUT2D eigenvalue weighted by molar-refractivity contribution is 7.22. The molecular formula is C24H21FN4O4S. The number of hydrogen-bond acceptors (Lipinski definition) is 7. The Bertz CT molecular complexity index is 1380. The Balaban J connectivity index is 1.36. The van der Waals surface area contributed by atoms with Gasteiger partial charge in [-0.15, -0.1) is 11.3 Å². The van der Waals surface area contributed by atoms with Crippen LogP contribution in [-0.4, -0.2) is 40.7 Å². The van der Waals surface area contributed by atoms with Gasteiger partial charge in [0, 0.05) is 47.8 Å². The van der Waals surface area contributed by atoms with E-state index in [1.54, 1.807) is 31.6 Å². The minimum Gasteiger partial charge on any atom is -0.453 e. The van der Waals surface area contributed by atoms with Crippen molar-refractivity contribution < 1.29 is 23.5 Å². The number of aldehydes is 1. The molecule has 174 valence electrons. The summed E-state index contributed by atoms with van der Waals surface area (Å²) >= 11 is 1.48. The number of amides is 1. The summed E-state index contributed by atoms with van der Waals surface area (Å²) in [5.41, 5.74) is 0.979. The van der Waals surface area contributed by atoms with Gasteiger partial charge in [0.05, 0.1) is 29.6 Å². The van der Waals surface area contributed by atoms with Crippen LogP contribution in [0.4, 0.5) is 10.1 Å². The topological polar surface area (TPSA) is 95.3 Å². The lowest BCUT2D eigenvalue weighted by Crippen LogP contribution is -2.25. The molecule has 10 heteroatoms. The standard InChI is InChI=1S/C24H21FN4O4S/c1-32-9-8-29-13-15(12-27-29)21-11-18-22(34-21)20(4-7-26-18)33-19-3-2-16(10-17(19)25)28-23(31)24(14-30)5-6-24/h2-4,7,10-14H,5-6,8-9H2,1H3,(H,28,31). The molecule has 0 aliphatic heterocycles. The molecule has 1 aromatic carbocycles. The Morgan fingerprint density at radius 3 is 2.88 bits per heavy atom. The molecule has 0 spiro atoms. The van der Waals surface area contributed by atoms with Gasteiger partial charge in [-0.05, 0) is 31.0 Å². The first-order valence-corrected chi connectivity index (χ1v) is 11.5. The van der Waals surface area contributed by atoms with Crippen LogP contribution in [-0.2, 0) is 20.9 Å². The summed E-state index contributed by atoms with van der Waals surface area (Å²) in [6.45, 7) is 1.22. The second-order valence-electron chi connectivity index (χ2n) is 8.09. The van der Waals surface area contributed by atoms with E-state index in [0.29, 0.717) is 38.0 Å². The summed E-state index contributed by atoms with van der Waals surface area (Å²) in [5.74, 6) is -0.552. The molecule has 0 saturated heterocycles. The van der Waals surface area contributed by atoms with Gasteiger partial charge in [0.1, 0.15) is 17.5 Å². The van der Waals surface area contributed by atoms with Crippen LogP contribution in [0.3, 0.4) is 0 Å². The number of nitrogens with zero attached hydrogens (tertiary/aromatic N) is 3. The number of rotatable bonds is 9. The van der Waals surface area contributed by atoms with Gasteiger partial charge >= 0.3 is 0 Å². The first kappa shape index (κ1) is 22.2. The number of thiophene rings is 1. The molecule has 34 heavy (non-hydrogen) atoms. The summed E-state index contributed by atoms with van der Waals surface area (Å²) in [6.07, 6.45) is 7.01. The zero-order valence-electron chi connectivity index (χ0n) is 18.3. The van der Waals surface area contributed by atoms with Crippen molar-refractivity contribution in [1.29, 1.82) is 0 Å². The molecule has 1 aliphatic rings. The van der Waals surface area contributed by atoms with Crippen LogP contribution in [0, 0.1) is 11.2 Å². The van der Waals surface area contributed by atoms with Crippen molar-refractivity contribution >= 4 is 39.4 Å². The van der Waals surface area contributed by atoms with Gasteiger partial charge in [0.15, 0.2) is 11.6 Å². The normalized spacial score (nSPS) is 14.2. The Hall–Kier alpha value is -3.63. The van der Waals surface area contributed by atoms with Crippen molar-refractivity contribution in [2.75, 3.05) is 19.0 Å². The van der Waals surface area contributed by atoms with Gasteiger partial charge in [0.25, 0.3) is 0 Å². The smallest absolute Gasteiger partial charge is 0.237 e. The average Bonchev–Trinajstić information content (AvgIpc) is 3.29. The number of nitrogens with one attached hydrogen (secondary N) is 1. The Kier molecular flexibility index (Phi) is 5.84. The molecule has 4 aromatic rings. The lowest BCUT2D eigenvalue weighted by Gasteiger charge is -2.11. The number of carbonyl (C=O) groups is 2. The molecule has 8 nitrogen and oxygen atoms in total. The first-order chi connectivity index (χ1) is 16.5. The molecule has 0 bridgehead atoms. The van der Waals surface area contributed by atoms with Crippen LogP contribution in [0.25, 0.3) is 20.7 Å². The molecule has 1 fully saturated rings. The third-order valence-electron chi connectivity index (χ3n) is 5.69. The molecule has 1 saturated carbocycles. The van der Waals surface area contributed by atoms with Gasteiger partial charge < -0.3 is 19.6 Å². The largest absolute Gasteiger partial charge is 0.453 e. The molecule has 0 unspecified atom stereocenters. The number of ether oxygens (including phenoxy) is 2. The van der Waals surface area contributed by atoms with Gasteiger partial charge in [-0.2, -0.15) is 5.10 Å². The van der Waals surface area contributed by atoms with E-state index in [-0.39, 0.29) is 11.4 Å². The van der Waals surface area contributed by atoms with E-state index in [0.717, 1.165) is 20.7 Å². The quantitative estimate of drug-likeness (QED) is 0.277. The molecule has 5 rings (SSSR count). The maximum Gasteiger partial charge on any atom is 0.237 e.